The summed E-state index contributed by atoms with van der Waals surface area (Å²) in [7, 11) is 2.76. The molecule has 1 saturated heterocycles. The number of fused-ring (bicyclic) bond motifs is 1. The third-order valence-electron chi connectivity index (χ3n) is 6.79. The van der Waals surface area contributed by atoms with Crippen molar-refractivity contribution >= 4 is 46.1 Å². The van der Waals surface area contributed by atoms with Gasteiger partial charge >= 0.3 is 6.03 Å². The molecule has 7 nitrogen and oxygen atoms in total. The molecule has 4 rings (SSSR count). The zero-order valence-corrected chi connectivity index (χ0v) is 21.9. The number of H-pyrrole nitrogens is 1. The number of aromatic nitrogens is 1. The molecule has 0 spiro atoms. The van der Waals surface area contributed by atoms with Gasteiger partial charge in [-0.1, -0.05) is 43.1 Å². The topological polar surface area (TPSA) is 85.8 Å². The molecule has 2 heterocycles. The number of barbiturate groups is 1. The van der Waals surface area contributed by atoms with Crippen LogP contribution in [0.3, 0.4) is 0 Å². The molecule has 0 radical (unpaired) electrons. The summed E-state index contributed by atoms with van der Waals surface area (Å²) in [5.74, 6) is -2.36. The molecule has 0 atom stereocenters. The molecule has 4 amide bonds. The van der Waals surface area contributed by atoms with Crippen LogP contribution in [0.15, 0.2) is 47.5 Å². The van der Waals surface area contributed by atoms with Crippen molar-refractivity contribution in [3.8, 4) is 0 Å². The Hall–Kier alpha value is -3.45. The number of unbranched alkanes of at least 4 members (excludes halogenated alkanes) is 1. The normalized spacial score (nSPS) is 15.5. The monoisotopic (exact) mass is 506 g/mol. The van der Waals surface area contributed by atoms with E-state index in [1.807, 2.05) is 0 Å². The van der Waals surface area contributed by atoms with Crippen LogP contribution in [0.4, 0.5) is 4.79 Å². The molecule has 1 N–H and O–H groups in total. The van der Waals surface area contributed by atoms with Gasteiger partial charge in [0.1, 0.15) is 0 Å². The summed E-state index contributed by atoms with van der Waals surface area (Å²) < 4.78 is 0. The molecule has 0 unspecified atom stereocenters. The van der Waals surface area contributed by atoms with E-state index in [2.05, 4.69) is 37.0 Å². The lowest BCUT2D eigenvalue weighted by Crippen LogP contribution is -2.59. The van der Waals surface area contributed by atoms with Crippen molar-refractivity contribution < 1.29 is 14.4 Å². The minimum absolute atomic E-state index is 0.342. The van der Waals surface area contributed by atoms with E-state index in [-0.39, 0.29) is 0 Å². The van der Waals surface area contributed by atoms with Crippen molar-refractivity contribution in [2.24, 2.45) is 10.9 Å². The van der Waals surface area contributed by atoms with Crippen LogP contribution in [-0.4, -0.2) is 59.0 Å². The Bertz CT molecular complexity index is 1320. The van der Waals surface area contributed by atoms with Gasteiger partial charge in [-0.3, -0.25) is 24.4 Å². The zero-order chi connectivity index (χ0) is 26.0. The summed E-state index contributed by atoms with van der Waals surface area (Å²) >= 11 is 6.08. The molecule has 1 aromatic heterocycles. The number of benzene rings is 2. The fourth-order valence-corrected chi connectivity index (χ4v) is 4.81. The van der Waals surface area contributed by atoms with Gasteiger partial charge < -0.3 is 4.98 Å². The Labute approximate surface area is 216 Å². The van der Waals surface area contributed by atoms with E-state index in [4.69, 9.17) is 16.6 Å². The van der Waals surface area contributed by atoms with Gasteiger partial charge in [0.2, 0.25) is 11.8 Å². The number of nitrogens with one attached hydrogen (secondary N) is 1. The minimum Gasteiger partial charge on any atom is -0.358 e. The molecular formula is C28H31ClN4O3. The number of aromatic amines is 1. The van der Waals surface area contributed by atoms with Gasteiger partial charge in [-0.05, 0) is 67.1 Å². The van der Waals surface area contributed by atoms with Gasteiger partial charge in [-0.2, -0.15) is 0 Å². The lowest BCUT2D eigenvalue weighted by atomic mass is 9.92. The molecule has 0 saturated carbocycles. The predicted molar refractivity (Wildman–Crippen MR) is 143 cm³/mol. The lowest BCUT2D eigenvalue weighted by Gasteiger charge is -2.33. The predicted octanol–water partition coefficient (Wildman–Crippen LogP) is 5.17. The number of amides is 4. The number of imide groups is 2. The first-order chi connectivity index (χ1) is 17.2. The summed E-state index contributed by atoms with van der Waals surface area (Å²) in [5, 5.41) is 1.72. The standard InChI is InChI=1S/C28H31ClN4O3/c1-5-6-7-18-8-13-23-22(16-18)21(17(2)31-23)14-15-30-25(19-9-11-20(29)12-10-19)24-26(34)32(3)28(36)33(4)27(24)35/h8-13,16,24,31H,5-7,14-15H2,1-4H3. The van der Waals surface area contributed by atoms with Gasteiger partial charge in [-0.15, -0.1) is 0 Å². The number of rotatable bonds is 8. The third kappa shape index (κ3) is 4.93. The molecule has 36 heavy (non-hydrogen) atoms. The highest BCUT2D eigenvalue weighted by molar-refractivity contribution is 6.32. The first-order valence-corrected chi connectivity index (χ1v) is 12.6. The first-order valence-electron chi connectivity index (χ1n) is 12.2. The maximum absolute atomic E-state index is 13.1. The molecule has 8 heteroatoms. The molecule has 188 valence electrons. The SMILES string of the molecule is CCCCc1ccc2[nH]c(C)c(CCN=C(c3ccc(Cl)cc3)C3C(=O)N(C)C(=O)N(C)C3=O)c2c1. The highest BCUT2D eigenvalue weighted by Crippen LogP contribution is 2.26. The molecule has 0 bridgehead atoms. The van der Waals surface area contributed by atoms with Crippen molar-refractivity contribution in [2.45, 2.75) is 39.5 Å². The Morgan fingerprint density at radius 1 is 1.00 bits per heavy atom. The van der Waals surface area contributed by atoms with Crippen LogP contribution in [0.2, 0.25) is 5.02 Å². The summed E-state index contributed by atoms with van der Waals surface area (Å²) in [6, 6.07) is 12.8. The van der Waals surface area contributed by atoms with E-state index in [0.717, 1.165) is 40.3 Å². The van der Waals surface area contributed by atoms with Crippen LogP contribution in [0.1, 0.15) is 42.1 Å². The van der Waals surface area contributed by atoms with Gasteiger partial charge in [0, 0.05) is 42.3 Å². The van der Waals surface area contributed by atoms with Crippen molar-refractivity contribution in [1.82, 2.24) is 14.8 Å². The van der Waals surface area contributed by atoms with Crippen LogP contribution < -0.4 is 0 Å². The molecule has 1 fully saturated rings. The number of nitrogens with zero attached hydrogens (tertiary/aromatic N) is 3. The lowest BCUT2D eigenvalue weighted by molar-refractivity contribution is -0.144. The van der Waals surface area contributed by atoms with Crippen molar-refractivity contribution in [2.75, 3.05) is 20.6 Å². The highest BCUT2D eigenvalue weighted by Gasteiger charge is 2.45. The van der Waals surface area contributed by atoms with E-state index in [1.54, 1.807) is 24.3 Å². The van der Waals surface area contributed by atoms with Crippen LogP contribution in [-0.2, 0) is 22.4 Å². The Morgan fingerprint density at radius 2 is 1.67 bits per heavy atom. The molecular weight excluding hydrogens is 476 g/mol. The van der Waals surface area contributed by atoms with Gasteiger partial charge in [0.15, 0.2) is 5.92 Å². The number of urea groups is 1. The summed E-state index contributed by atoms with van der Waals surface area (Å²) in [6.07, 6.45) is 3.97. The van der Waals surface area contributed by atoms with Crippen molar-refractivity contribution in [1.29, 1.82) is 0 Å². The number of aryl methyl sites for hydroxylation is 2. The van der Waals surface area contributed by atoms with Crippen LogP contribution >= 0.6 is 11.6 Å². The average molecular weight is 507 g/mol. The maximum atomic E-state index is 13.1. The van der Waals surface area contributed by atoms with E-state index >= 15 is 0 Å². The van der Waals surface area contributed by atoms with Crippen molar-refractivity contribution in [3.63, 3.8) is 0 Å². The van der Waals surface area contributed by atoms with Crippen LogP contribution in [0.5, 0.6) is 0 Å². The summed E-state index contributed by atoms with van der Waals surface area (Å²) in [4.78, 5) is 48.6. The average Bonchev–Trinajstić information content (AvgIpc) is 3.19. The van der Waals surface area contributed by atoms with Gasteiger partial charge in [0.25, 0.3) is 0 Å². The number of halogens is 1. The largest absolute Gasteiger partial charge is 0.358 e. The second-order valence-electron chi connectivity index (χ2n) is 9.25. The molecule has 1 aliphatic rings. The van der Waals surface area contributed by atoms with Crippen LogP contribution in [0, 0.1) is 12.8 Å². The van der Waals surface area contributed by atoms with Gasteiger partial charge in [0.05, 0.1) is 5.71 Å². The minimum atomic E-state index is -1.19. The first kappa shape index (κ1) is 25.6. The van der Waals surface area contributed by atoms with Gasteiger partial charge in [-0.25, -0.2) is 4.79 Å². The number of hydrogen-bond donors (Lipinski definition) is 1. The number of hydrogen-bond acceptors (Lipinski definition) is 4. The number of carbonyl (C=O) groups is 3. The third-order valence-corrected chi connectivity index (χ3v) is 7.04. The summed E-state index contributed by atoms with van der Waals surface area (Å²) in [6.45, 7) is 4.62. The molecule has 1 aliphatic heterocycles. The Morgan fingerprint density at radius 3 is 2.31 bits per heavy atom. The second-order valence-corrected chi connectivity index (χ2v) is 9.68. The Balaban J connectivity index is 1.68. The second kappa shape index (κ2) is 10.7. The zero-order valence-electron chi connectivity index (χ0n) is 21.1. The van der Waals surface area contributed by atoms with E-state index < -0.39 is 23.8 Å². The fraction of sp³-hybridized carbons (Fsp3) is 0.357. The highest BCUT2D eigenvalue weighted by atomic mass is 35.5. The molecule has 3 aromatic rings. The van der Waals surface area contributed by atoms with E-state index in [1.165, 1.54) is 30.6 Å². The number of carbonyl (C=O) groups excluding carboxylic acids is 3. The molecule has 2 aromatic carbocycles. The maximum Gasteiger partial charge on any atom is 0.332 e. The number of aliphatic imine (C=N–C) groups is 1. The quantitative estimate of drug-likeness (QED) is 0.338. The Kier molecular flexibility index (Phi) is 7.59. The fourth-order valence-electron chi connectivity index (χ4n) is 4.69. The molecule has 0 aliphatic carbocycles. The van der Waals surface area contributed by atoms with Crippen molar-refractivity contribution in [3.05, 3.63) is 69.9 Å². The smallest absolute Gasteiger partial charge is 0.332 e. The summed E-state index contributed by atoms with van der Waals surface area (Å²) in [5.41, 5.74) is 5.62. The van der Waals surface area contributed by atoms with E-state index in [9.17, 15) is 14.4 Å². The van der Waals surface area contributed by atoms with Crippen LogP contribution in [0.25, 0.3) is 10.9 Å². The van der Waals surface area contributed by atoms with E-state index in [0.29, 0.717) is 29.3 Å².